The summed E-state index contributed by atoms with van der Waals surface area (Å²) < 4.78 is 0. The summed E-state index contributed by atoms with van der Waals surface area (Å²) in [6.07, 6.45) is 0. The summed E-state index contributed by atoms with van der Waals surface area (Å²) in [6, 6.07) is 73.5. The molecule has 3 nitrogen and oxygen atoms in total. The van der Waals surface area contributed by atoms with E-state index >= 15 is 0 Å². The molecular formula is C57H54BN3. The molecule has 61 heavy (non-hydrogen) atoms. The third kappa shape index (κ3) is 7.53. The molecule has 4 heteroatoms. The van der Waals surface area contributed by atoms with Gasteiger partial charge in [-0.3, -0.25) is 0 Å². The molecule has 300 valence electrons. The highest BCUT2D eigenvalue weighted by Gasteiger charge is 2.42. The van der Waals surface area contributed by atoms with Gasteiger partial charge in [0.1, 0.15) is 0 Å². The molecule has 0 unspecified atom stereocenters. The van der Waals surface area contributed by atoms with E-state index in [-0.39, 0.29) is 6.71 Å². The standard InChI is InChI=1S/C57H54BN3/c1-40(2)43-36-50(41(3)4)56(51(37-43)42(5)6)58-52-34-22-23-35-53(52)61(48-32-20-11-21-33-48)55-39-49(59(44-24-12-7-13-25-44)45-26-14-8-15-27-45)38-54(57(55)58)60(46-28-16-9-17-29-46)47-30-18-10-19-31-47/h7-42H,1-6H3. The lowest BCUT2D eigenvalue weighted by Crippen LogP contribution is -2.60. The van der Waals surface area contributed by atoms with Gasteiger partial charge in [-0.1, -0.05) is 168 Å². The van der Waals surface area contributed by atoms with Gasteiger partial charge >= 0.3 is 0 Å². The Morgan fingerprint density at radius 1 is 0.377 bits per heavy atom. The minimum atomic E-state index is -0.0805. The third-order valence-corrected chi connectivity index (χ3v) is 12.2. The van der Waals surface area contributed by atoms with Crippen molar-refractivity contribution in [2.24, 2.45) is 0 Å². The van der Waals surface area contributed by atoms with Crippen LogP contribution in [-0.2, 0) is 0 Å². The molecule has 0 radical (unpaired) electrons. The van der Waals surface area contributed by atoms with Crippen molar-refractivity contribution in [2.75, 3.05) is 14.7 Å². The number of nitrogens with zero attached hydrogens (tertiary/aromatic N) is 3. The lowest BCUT2D eigenvalue weighted by molar-refractivity contribution is 0.812. The van der Waals surface area contributed by atoms with Gasteiger partial charge in [-0.15, -0.1) is 0 Å². The van der Waals surface area contributed by atoms with Crippen LogP contribution in [-0.4, -0.2) is 6.71 Å². The molecule has 9 rings (SSSR count). The number of benzene rings is 8. The second-order valence-corrected chi connectivity index (χ2v) is 17.2. The number of hydrogen-bond donors (Lipinski definition) is 0. The summed E-state index contributed by atoms with van der Waals surface area (Å²) in [5, 5.41) is 0. The van der Waals surface area contributed by atoms with Gasteiger partial charge in [-0.05, 0) is 124 Å². The maximum Gasteiger partial charge on any atom is 0.250 e. The summed E-state index contributed by atoms with van der Waals surface area (Å²) in [4.78, 5) is 7.42. The van der Waals surface area contributed by atoms with Crippen molar-refractivity contribution >= 4 is 74.3 Å². The Labute approximate surface area is 363 Å². The molecule has 0 spiro atoms. The summed E-state index contributed by atoms with van der Waals surface area (Å²) in [6.45, 7) is 14.1. The van der Waals surface area contributed by atoms with Crippen molar-refractivity contribution in [3.05, 3.63) is 217 Å². The predicted molar refractivity (Wildman–Crippen MR) is 264 cm³/mol. The van der Waals surface area contributed by atoms with Gasteiger partial charge in [0, 0.05) is 45.5 Å². The van der Waals surface area contributed by atoms with Crippen LogP contribution in [0.15, 0.2) is 200 Å². The molecule has 1 aliphatic heterocycles. The molecular weight excluding hydrogens is 737 g/mol. The van der Waals surface area contributed by atoms with E-state index < -0.39 is 0 Å². The molecule has 1 heterocycles. The Morgan fingerprint density at radius 2 is 0.803 bits per heavy atom. The number of hydrogen-bond acceptors (Lipinski definition) is 3. The highest BCUT2D eigenvalue weighted by Crippen LogP contribution is 2.46. The van der Waals surface area contributed by atoms with Crippen LogP contribution in [0.25, 0.3) is 0 Å². The zero-order valence-electron chi connectivity index (χ0n) is 36.2. The van der Waals surface area contributed by atoms with Crippen molar-refractivity contribution in [3.8, 4) is 0 Å². The second-order valence-electron chi connectivity index (χ2n) is 17.2. The normalized spacial score (nSPS) is 12.1. The predicted octanol–water partition coefficient (Wildman–Crippen LogP) is 14.3. The van der Waals surface area contributed by atoms with Gasteiger partial charge < -0.3 is 14.7 Å². The molecule has 1 aliphatic rings. The van der Waals surface area contributed by atoms with Gasteiger partial charge in [-0.2, -0.15) is 0 Å². The first-order chi connectivity index (χ1) is 29.8. The van der Waals surface area contributed by atoms with Crippen LogP contribution in [0.1, 0.15) is 76.0 Å². The largest absolute Gasteiger partial charge is 0.311 e. The van der Waals surface area contributed by atoms with Crippen LogP contribution in [0, 0.1) is 0 Å². The van der Waals surface area contributed by atoms with Crippen molar-refractivity contribution in [1.82, 2.24) is 0 Å². The van der Waals surface area contributed by atoms with Crippen molar-refractivity contribution in [3.63, 3.8) is 0 Å². The van der Waals surface area contributed by atoms with Crippen LogP contribution < -0.4 is 31.1 Å². The van der Waals surface area contributed by atoms with Crippen LogP contribution in [0.5, 0.6) is 0 Å². The summed E-state index contributed by atoms with van der Waals surface area (Å²) >= 11 is 0. The number of fused-ring (bicyclic) bond motifs is 2. The molecule has 0 N–H and O–H groups in total. The van der Waals surface area contributed by atoms with Crippen molar-refractivity contribution in [2.45, 2.75) is 59.3 Å². The van der Waals surface area contributed by atoms with E-state index in [0.717, 1.165) is 45.5 Å². The summed E-state index contributed by atoms with van der Waals surface area (Å²) in [5.74, 6) is 1.03. The smallest absolute Gasteiger partial charge is 0.250 e. The van der Waals surface area contributed by atoms with E-state index in [0.29, 0.717) is 17.8 Å². The summed E-state index contributed by atoms with van der Waals surface area (Å²) in [7, 11) is 0. The molecule has 0 saturated carbocycles. The monoisotopic (exact) mass is 791 g/mol. The number of para-hydroxylation sites is 6. The second kappa shape index (κ2) is 17.1. The van der Waals surface area contributed by atoms with Crippen molar-refractivity contribution < 1.29 is 0 Å². The Kier molecular flexibility index (Phi) is 11.1. The first-order valence-electron chi connectivity index (χ1n) is 21.9. The highest BCUT2D eigenvalue weighted by atomic mass is 15.2. The Bertz CT molecular complexity index is 2620. The van der Waals surface area contributed by atoms with Gasteiger partial charge in [0.15, 0.2) is 0 Å². The average Bonchev–Trinajstić information content (AvgIpc) is 3.29. The molecule has 8 aromatic carbocycles. The third-order valence-electron chi connectivity index (χ3n) is 12.2. The van der Waals surface area contributed by atoms with E-state index in [1.807, 2.05) is 0 Å². The molecule has 0 amide bonds. The van der Waals surface area contributed by atoms with E-state index in [2.05, 4.69) is 256 Å². The van der Waals surface area contributed by atoms with E-state index in [1.54, 1.807) is 0 Å². The molecule has 8 aromatic rings. The maximum absolute atomic E-state index is 2.52. The lowest BCUT2D eigenvalue weighted by atomic mass is 9.32. The van der Waals surface area contributed by atoms with E-state index in [4.69, 9.17) is 0 Å². The molecule has 0 saturated heterocycles. The van der Waals surface area contributed by atoms with Crippen LogP contribution >= 0.6 is 0 Å². The van der Waals surface area contributed by atoms with Gasteiger partial charge in [0.25, 0.3) is 0 Å². The van der Waals surface area contributed by atoms with E-state index in [9.17, 15) is 0 Å². The molecule has 0 fully saturated rings. The SMILES string of the molecule is CC(C)c1cc(C(C)C)c(B2c3ccccc3N(c3ccccc3)c3cc(N(c4ccccc4)c4ccccc4)cc(N(c4ccccc4)c4ccccc4)c32)c(C(C)C)c1. The first kappa shape index (κ1) is 39.7. The molecule has 0 bridgehead atoms. The maximum atomic E-state index is 2.52. The number of anilines is 9. The minimum absolute atomic E-state index is 0.0805. The van der Waals surface area contributed by atoms with Crippen molar-refractivity contribution in [1.29, 1.82) is 0 Å². The van der Waals surface area contributed by atoms with Crippen LogP contribution in [0.4, 0.5) is 51.2 Å². The first-order valence-corrected chi connectivity index (χ1v) is 21.9. The molecule has 0 aromatic heterocycles. The number of rotatable bonds is 11. The Balaban J connectivity index is 1.49. The van der Waals surface area contributed by atoms with Gasteiger partial charge in [0.05, 0.1) is 5.69 Å². The quantitative estimate of drug-likeness (QED) is 0.121. The van der Waals surface area contributed by atoms with Gasteiger partial charge in [-0.25, -0.2) is 0 Å². The fourth-order valence-corrected chi connectivity index (χ4v) is 9.31. The topological polar surface area (TPSA) is 9.72 Å². The minimum Gasteiger partial charge on any atom is -0.311 e. The fraction of sp³-hybridized carbons (Fsp3) is 0.158. The zero-order chi connectivity index (χ0) is 42.0. The zero-order valence-corrected chi connectivity index (χ0v) is 36.2. The van der Waals surface area contributed by atoms with Crippen LogP contribution in [0.2, 0.25) is 0 Å². The molecule has 0 aliphatic carbocycles. The van der Waals surface area contributed by atoms with E-state index in [1.165, 1.54) is 38.8 Å². The fourth-order valence-electron chi connectivity index (χ4n) is 9.31. The lowest BCUT2D eigenvalue weighted by Gasteiger charge is -2.42. The highest BCUT2D eigenvalue weighted by molar-refractivity contribution is 6.99. The van der Waals surface area contributed by atoms with Gasteiger partial charge in [0.2, 0.25) is 6.71 Å². The Hall–Kier alpha value is -6.78. The Morgan fingerprint density at radius 3 is 1.26 bits per heavy atom. The van der Waals surface area contributed by atoms with Crippen LogP contribution in [0.3, 0.4) is 0 Å². The summed E-state index contributed by atoms with van der Waals surface area (Å²) in [5.41, 5.74) is 18.3. The average molecular weight is 792 g/mol. The molecule has 0 atom stereocenters.